The maximum Gasteiger partial charge on any atom is 0.261 e. The molecule has 186 valence electrons. The molecule has 4 heterocycles. The summed E-state index contributed by atoms with van der Waals surface area (Å²) in [5.41, 5.74) is 1.02. The summed E-state index contributed by atoms with van der Waals surface area (Å²) in [5, 5.41) is 20.7. The van der Waals surface area contributed by atoms with E-state index in [4.69, 9.17) is 14.5 Å². The van der Waals surface area contributed by atoms with Gasteiger partial charge in [-0.3, -0.25) is 9.69 Å². The van der Waals surface area contributed by atoms with Crippen molar-refractivity contribution in [2.24, 2.45) is 0 Å². The number of morpholine rings is 1. The fourth-order valence-electron chi connectivity index (χ4n) is 5.01. The molecule has 2 atom stereocenters. The van der Waals surface area contributed by atoms with Gasteiger partial charge in [-0.25, -0.2) is 9.37 Å². The molecular formula is C25H29FN4O5. The van der Waals surface area contributed by atoms with E-state index in [1.165, 1.54) is 24.3 Å². The summed E-state index contributed by atoms with van der Waals surface area (Å²) in [7, 11) is 0. The number of carbonyl (C=O) groups excluding carboxylic acids is 1. The Labute approximate surface area is 203 Å². The van der Waals surface area contributed by atoms with E-state index in [1.54, 1.807) is 11.8 Å². The van der Waals surface area contributed by atoms with Gasteiger partial charge in [0.05, 0.1) is 30.5 Å². The Morgan fingerprint density at radius 2 is 2.00 bits per heavy atom. The maximum absolute atomic E-state index is 14.9. The van der Waals surface area contributed by atoms with Gasteiger partial charge in [0.2, 0.25) is 0 Å². The zero-order valence-electron chi connectivity index (χ0n) is 19.6. The molecule has 1 amide bonds. The number of pyridine rings is 1. The zero-order valence-corrected chi connectivity index (χ0v) is 19.6. The first kappa shape index (κ1) is 23.5. The molecule has 2 fully saturated rings. The van der Waals surface area contributed by atoms with Crippen LogP contribution in [-0.4, -0.2) is 95.7 Å². The predicted molar refractivity (Wildman–Crippen MR) is 127 cm³/mol. The molecule has 0 aliphatic carbocycles. The lowest BCUT2D eigenvalue weighted by Crippen LogP contribution is -2.58. The van der Waals surface area contributed by atoms with Crippen molar-refractivity contribution in [2.75, 3.05) is 57.4 Å². The SMILES string of the molecule is C=CC(O)N1CCN2C(=O)c3c(N4CCOCC4)nc(-c4c(O)cccc4F)c(C)c3OC[C@H]2C1. The van der Waals surface area contributed by atoms with E-state index < -0.39 is 12.0 Å². The van der Waals surface area contributed by atoms with E-state index in [1.807, 2.05) is 9.80 Å². The van der Waals surface area contributed by atoms with E-state index in [0.29, 0.717) is 68.6 Å². The van der Waals surface area contributed by atoms with Crippen LogP contribution in [0.25, 0.3) is 11.3 Å². The van der Waals surface area contributed by atoms with Gasteiger partial charge < -0.3 is 29.5 Å². The number of hydrogen-bond donors (Lipinski definition) is 2. The number of halogens is 1. The van der Waals surface area contributed by atoms with Crippen molar-refractivity contribution in [3.05, 3.63) is 47.8 Å². The molecule has 1 aromatic carbocycles. The molecule has 1 unspecified atom stereocenters. The molecule has 0 radical (unpaired) electrons. The lowest BCUT2D eigenvalue weighted by atomic mass is 10.0. The summed E-state index contributed by atoms with van der Waals surface area (Å²) in [4.78, 5) is 24.3. The molecule has 0 saturated carbocycles. The highest BCUT2D eigenvalue weighted by atomic mass is 19.1. The van der Waals surface area contributed by atoms with Crippen LogP contribution in [0.2, 0.25) is 0 Å². The van der Waals surface area contributed by atoms with Crippen molar-refractivity contribution in [3.8, 4) is 22.8 Å². The van der Waals surface area contributed by atoms with Gasteiger partial charge in [0.15, 0.2) is 0 Å². The first-order valence-corrected chi connectivity index (χ1v) is 11.7. The molecule has 3 aliphatic heterocycles. The number of benzene rings is 1. The molecular weight excluding hydrogens is 455 g/mol. The van der Waals surface area contributed by atoms with Crippen LogP contribution in [0.4, 0.5) is 10.2 Å². The van der Waals surface area contributed by atoms with Gasteiger partial charge >= 0.3 is 0 Å². The monoisotopic (exact) mass is 484 g/mol. The largest absolute Gasteiger partial charge is 0.507 e. The first-order valence-electron chi connectivity index (χ1n) is 11.7. The number of phenolic OH excluding ortho intramolecular Hbond substituents is 1. The highest BCUT2D eigenvalue weighted by Crippen LogP contribution is 2.43. The van der Waals surface area contributed by atoms with Crippen molar-refractivity contribution in [3.63, 3.8) is 0 Å². The molecule has 3 aliphatic rings. The molecule has 35 heavy (non-hydrogen) atoms. The van der Waals surface area contributed by atoms with Gasteiger partial charge in [-0.1, -0.05) is 12.6 Å². The third kappa shape index (κ3) is 4.11. The second-order valence-electron chi connectivity index (χ2n) is 8.95. The van der Waals surface area contributed by atoms with E-state index in [0.717, 1.165) is 0 Å². The number of aromatic hydroxyl groups is 1. The average molecular weight is 485 g/mol. The van der Waals surface area contributed by atoms with Gasteiger partial charge in [0.1, 0.15) is 41.5 Å². The van der Waals surface area contributed by atoms with Crippen LogP contribution in [0.3, 0.4) is 0 Å². The normalized spacial score (nSPS) is 21.6. The van der Waals surface area contributed by atoms with Crippen LogP contribution in [0.1, 0.15) is 15.9 Å². The smallest absolute Gasteiger partial charge is 0.261 e. The number of aromatic nitrogens is 1. The number of nitrogens with zero attached hydrogens (tertiary/aromatic N) is 4. The highest BCUT2D eigenvalue weighted by molar-refractivity contribution is 6.03. The van der Waals surface area contributed by atoms with Gasteiger partial charge in [-0.05, 0) is 25.1 Å². The van der Waals surface area contributed by atoms with Gasteiger partial charge in [0.25, 0.3) is 5.91 Å². The number of piperazine rings is 1. The van der Waals surface area contributed by atoms with E-state index in [2.05, 4.69) is 6.58 Å². The van der Waals surface area contributed by atoms with E-state index >= 15 is 0 Å². The van der Waals surface area contributed by atoms with Gasteiger partial charge in [-0.15, -0.1) is 0 Å². The number of carbonyl (C=O) groups is 1. The summed E-state index contributed by atoms with van der Waals surface area (Å²) in [6, 6.07) is 3.81. The molecule has 0 spiro atoms. The van der Waals surface area contributed by atoms with Crippen molar-refractivity contribution in [1.29, 1.82) is 0 Å². The number of amides is 1. The average Bonchev–Trinajstić information content (AvgIpc) is 3.02. The Balaban J connectivity index is 1.64. The Kier molecular flexibility index (Phi) is 6.35. The Morgan fingerprint density at radius 1 is 1.23 bits per heavy atom. The zero-order chi connectivity index (χ0) is 24.7. The van der Waals surface area contributed by atoms with Crippen LogP contribution in [0.15, 0.2) is 30.9 Å². The van der Waals surface area contributed by atoms with E-state index in [9.17, 15) is 19.4 Å². The summed E-state index contributed by atoms with van der Waals surface area (Å²) in [6.45, 7) is 8.88. The van der Waals surface area contributed by atoms with Gasteiger partial charge in [-0.2, -0.15) is 0 Å². The number of hydrogen-bond acceptors (Lipinski definition) is 8. The Hall–Kier alpha value is -3.21. The number of phenols is 1. The van der Waals surface area contributed by atoms with Gasteiger partial charge in [0, 0.05) is 38.3 Å². The molecule has 1 aromatic heterocycles. The number of aliphatic hydroxyl groups excluding tert-OH is 1. The molecule has 9 nitrogen and oxygen atoms in total. The number of aliphatic hydroxyl groups is 1. The second kappa shape index (κ2) is 9.44. The van der Waals surface area contributed by atoms with Crippen molar-refractivity contribution in [2.45, 2.75) is 19.2 Å². The molecule has 10 heteroatoms. The Bertz CT molecular complexity index is 1130. The third-order valence-electron chi connectivity index (χ3n) is 6.90. The highest BCUT2D eigenvalue weighted by Gasteiger charge is 2.40. The molecule has 2 N–H and O–H groups in total. The van der Waals surface area contributed by atoms with Crippen LogP contribution in [-0.2, 0) is 4.74 Å². The number of fused-ring (bicyclic) bond motifs is 2. The van der Waals surface area contributed by atoms with Crippen LogP contribution >= 0.6 is 0 Å². The third-order valence-corrected chi connectivity index (χ3v) is 6.90. The van der Waals surface area contributed by atoms with Crippen LogP contribution in [0, 0.1) is 12.7 Å². The lowest BCUT2D eigenvalue weighted by molar-refractivity contribution is -0.0200. The fraction of sp³-hybridized carbons (Fsp3) is 0.440. The number of anilines is 1. The minimum absolute atomic E-state index is 0.0272. The number of rotatable bonds is 4. The minimum Gasteiger partial charge on any atom is -0.507 e. The van der Waals surface area contributed by atoms with Crippen LogP contribution in [0.5, 0.6) is 11.5 Å². The minimum atomic E-state index is -0.805. The molecule has 5 rings (SSSR count). The lowest BCUT2D eigenvalue weighted by Gasteiger charge is -2.41. The predicted octanol–water partition coefficient (Wildman–Crippen LogP) is 1.76. The topological polar surface area (TPSA) is 98.6 Å². The van der Waals surface area contributed by atoms with E-state index in [-0.39, 0.29) is 35.6 Å². The van der Waals surface area contributed by atoms with Crippen molar-refractivity contribution < 1.29 is 28.9 Å². The number of ether oxygens (including phenoxy) is 2. The fourth-order valence-corrected chi connectivity index (χ4v) is 5.01. The summed E-state index contributed by atoms with van der Waals surface area (Å²) in [5.74, 6) is -0.323. The standard InChI is InChI=1S/C25H29FN4O5/c1-3-19(32)29-7-8-30-16(13-29)14-35-23-15(2)22(20-17(26)5-4-6-18(20)31)27-24(21(23)25(30)33)28-9-11-34-12-10-28/h3-6,16,19,31-32H,1,7-14H2,2H3/t16-,19?/m1/s1. The first-order chi connectivity index (χ1) is 16.9. The molecule has 2 saturated heterocycles. The van der Waals surface area contributed by atoms with Crippen molar-refractivity contribution >= 4 is 11.7 Å². The maximum atomic E-state index is 14.9. The summed E-state index contributed by atoms with van der Waals surface area (Å²) >= 11 is 0. The molecule has 2 aromatic rings. The second-order valence-corrected chi connectivity index (χ2v) is 8.95. The quantitative estimate of drug-likeness (QED) is 0.634. The molecule has 0 bridgehead atoms. The Morgan fingerprint density at radius 3 is 2.71 bits per heavy atom. The summed E-state index contributed by atoms with van der Waals surface area (Å²) in [6.07, 6.45) is 0.655. The van der Waals surface area contributed by atoms with Crippen molar-refractivity contribution in [1.82, 2.24) is 14.8 Å². The van der Waals surface area contributed by atoms with Crippen LogP contribution < -0.4 is 9.64 Å². The summed E-state index contributed by atoms with van der Waals surface area (Å²) < 4.78 is 26.6.